The number of hydrogen-bond acceptors (Lipinski definition) is 8. The Labute approximate surface area is 222 Å². The zero-order chi connectivity index (χ0) is 28.4. The number of aromatic nitrogens is 2. The minimum atomic E-state index is -3.62. The SMILES string of the molecule is CCOC(=O)c1cc(N)n(-c2cc(C(=O)Nc3cc(C(C)(C)C)cc(NS(C)(=O)=O)c3OC)ccc2C)n1. The molecule has 0 unspecified atom stereocenters. The number of nitrogens with one attached hydrogen (secondary N) is 2. The summed E-state index contributed by atoms with van der Waals surface area (Å²) < 4.78 is 38.3. The molecule has 0 saturated carbocycles. The van der Waals surface area contributed by atoms with Crippen molar-refractivity contribution >= 4 is 39.1 Å². The number of sulfonamides is 1. The molecule has 1 aromatic heterocycles. The highest BCUT2D eigenvalue weighted by atomic mass is 32.2. The van der Waals surface area contributed by atoms with Gasteiger partial charge in [-0.05, 0) is 54.7 Å². The number of esters is 1. The Balaban J connectivity index is 2.04. The molecule has 3 rings (SSSR count). The molecule has 0 spiro atoms. The second-order valence-electron chi connectivity index (χ2n) is 9.77. The summed E-state index contributed by atoms with van der Waals surface area (Å²) >= 11 is 0. The topological polar surface area (TPSA) is 155 Å². The van der Waals surface area contributed by atoms with Gasteiger partial charge >= 0.3 is 5.97 Å². The maximum Gasteiger partial charge on any atom is 0.358 e. The van der Waals surface area contributed by atoms with Gasteiger partial charge in [-0.2, -0.15) is 5.10 Å². The molecule has 1 amide bonds. The molecule has 0 radical (unpaired) electrons. The Hall–Kier alpha value is -4.06. The molecule has 0 bridgehead atoms. The van der Waals surface area contributed by atoms with Gasteiger partial charge in [-0.25, -0.2) is 17.9 Å². The van der Waals surface area contributed by atoms with E-state index in [0.717, 1.165) is 17.4 Å². The number of hydrogen-bond donors (Lipinski definition) is 3. The summed E-state index contributed by atoms with van der Waals surface area (Å²) in [4.78, 5) is 25.5. The van der Waals surface area contributed by atoms with E-state index in [4.69, 9.17) is 15.2 Å². The van der Waals surface area contributed by atoms with Gasteiger partial charge in [0.1, 0.15) is 5.82 Å². The Morgan fingerprint density at radius 3 is 2.34 bits per heavy atom. The molecule has 204 valence electrons. The normalized spacial score (nSPS) is 11.7. The molecule has 0 aliphatic carbocycles. The summed E-state index contributed by atoms with van der Waals surface area (Å²) in [5.74, 6) is -0.713. The summed E-state index contributed by atoms with van der Waals surface area (Å²) in [5, 5.41) is 7.09. The van der Waals surface area contributed by atoms with Crippen LogP contribution in [0.25, 0.3) is 5.69 Å². The first-order valence-electron chi connectivity index (χ1n) is 11.8. The molecule has 0 atom stereocenters. The van der Waals surface area contributed by atoms with Crippen LogP contribution in [0.15, 0.2) is 36.4 Å². The molecule has 0 aliphatic rings. The van der Waals surface area contributed by atoms with E-state index in [1.54, 1.807) is 37.3 Å². The van der Waals surface area contributed by atoms with Crippen LogP contribution in [0.4, 0.5) is 17.2 Å². The highest BCUT2D eigenvalue weighted by Crippen LogP contribution is 2.39. The van der Waals surface area contributed by atoms with Crippen LogP contribution >= 0.6 is 0 Å². The Bertz CT molecular complexity index is 1490. The van der Waals surface area contributed by atoms with Crippen LogP contribution in [0.2, 0.25) is 0 Å². The van der Waals surface area contributed by atoms with Crippen molar-refractivity contribution < 1.29 is 27.5 Å². The largest absolute Gasteiger partial charge is 0.492 e. The first-order valence-corrected chi connectivity index (χ1v) is 13.7. The summed E-state index contributed by atoms with van der Waals surface area (Å²) in [5.41, 5.74) is 8.62. The van der Waals surface area contributed by atoms with Crippen LogP contribution in [0.3, 0.4) is 0 Å². The van der Waals surface area contributed by atoms with E-state index in [-0.39, 0.29) is 40.5 Å². The highest BCUT2D eigenvalue weighted by molar-refractivity contribution is 7.92. The van der Waals surface area contributed by atoms with E-state index in [9.17, 15) is 18.0 Å². The van der Waals surface area contributed by atoms with Crippen LogP contribution in [0.1, 0.15) is 59.7 Å². The van der Waals surface area contributed by atoms with Crippen LogP contribution in [-0.2, 0) is 20.2 Å². The standard InChI is InChI=1S/C26H33N5O6S/c1-8-37-25(33)20-14-22(27)31(29-20)21-11-16(10-9-15(21)2)24(32)28-18-12-17(26(3,4)5)13-19(23(18)36-6)30-38(7,34)35/h9-14,30H,8,27H2,1-7H3,(H,28,32). The summed E-state index contributed by atoms with van der Waals surface area (Å²) in [6.45, 7) is 9.61. The smallest absolute Gasteiger partial charge is 0.358 e. The lowest BCUT2D eigenvalue weighted by Crippen LogP contribution is -2.18. The number of benzene rings is 2. The zero-order valence-corrected chi connectivity index (χ0v) is 23.3. The van der Waals surface area contributed by atoms with Crippen molar-refractivity contribution in [2.45, 2.75) is 40.0 Å². The third kappa shape index (κ3) is 6.43. The average molecular weight is 544 g/mol. The number of amides is 1. The van der Waals surface area contributed by atoms with Gasteiger partial charge < -0.3 is 20.5 Å². The van der Waals surface area contributed by atoms with Gasteiger partial charge in [0.2, 0.25) is 10.0 Å². The van der Waals surface area contributed by atoms with Gasteiger partial charge in [-0.15, -0.1) is 0 Å². The van der Waals surface area contributed by atoms with E-state index < -0.39 is 21.9 Å². The van der Waals surface area contributed by atoms with Crippen LogP contribution in [0.5, 0.6) is 5.75 Å². The van der Waals surface area contributed by atoms with Crippen molar-refractivity contribution in [3.8, 4) is 11.4 Å². The van der Waals surface area contributed by atoms with Gasteiger partial charge in [-0.1, -0.05) is 26.8 Å². The Kier molecular flexibility index (Phi) is 8.06. The number of anilines is 3. The van der Waals surface area contributed by atoms with Crippen molar-refractivity contribution in [2.24, 2.45) is 0 Å². The molecule has 0 aliphatic heterocycles. The number of ether oxygens (including phenoxy) is 2. The number of rotatable bonds is 8. The molecule has 38 heavy (non-hydrogen) atoms. The van der Waals surface area contributed by atoms with Gasteiger partial charge in [0.25, 0.3) is 5.91 Å². The number of nitrogens with zero attached hydrogens (tertiary/aromatic N) is 2. The molecular weight excluding hydrogens is 510 g/mol. The molecule has 0 saturated heterocycles. The summed E-state index contributed by atoms with van der Waals surface area (Å²) in [6.07, 6.45) is 1.04. The second-order valence-corrected chi connectivity index (χ2v) is 11.5. The predicted molar refractivity (Wildman–Crippen MR) is 147 cm³/mol. The van der Waals surface area contributed by atoms with Gasteiger partial charge in [0.15, 0.2) is 11.4 Å². The number of aryl methyl sites for hydroxylation is 1. The molecule has 2 aromatic carbocycles. The highest BCUT2D eigenvalue weighted by Gasteiger charge is 2.23. The van der Waals surface area contributed by atoms with Crippen LogP contribution in [0, 0.1) is 6.92 Å². The van der Waals surface area contributed by atoms with Crippen molar-refractivity contribution in [2.75, 3.05) is 35.7 Å². The second kappa shape index (κ2) is 10.7. The summed E-state index contributed by atoms with van der Waals surface area (Å²) in [6, 6.07) is 9.80. The quantitative estimate of drug-likeness (QED) is 0.362. The minimum Gasteiger partial charge on any atom is -0.492 e. The molecule has 3 aromatic rings. The number of methoxy groups -OCH3 is 1. The van der Waals surface area contributed by atoms with Gasteiger partial charge in [0, 0.05) is 11.6 Å². The number of carbonyl (C=O) groups excluding carboxylic acids is 2. The molecule has 11 nitrogen and oxygen atoms in total. The third-order valence-electron chi connectivity index (χ3n) is 5.62. The lowest BCUT2D eigenvalue weighted by Gasteiger charge is -2.24. The molecule has 12 heteroatoms. The fourth-order valence-electron chi connectivity index (χ4n) is 3.72. The maximum atomic E-state index is 13.4. The number of carbonyl (C=O) groups is 2. The van der Waals surface area contributed by atoms with Gasteiger partial charge in [0.05, 0.1) is 37.0 Å². The first-order chi connectivity index (χ1) is 17.6. The minimum absolute atomic E-state index is 0.0493. The molecular formula is C26H33N5O6S. The van der Waals surface area contributed by atoms with E-state index in [1.807, 2.05) is 27.7 Å². The Morgan fingerprint density at radius 2 is 1.76 bits per heavy atom. The zero-order valence-electron chi connectivity index (χ0n) is 22.5. The van der Waals surface area contributed by atoms with Crippen LogP contribution in [-0.4, -0.2) is 50.0 Å². The fraction of sp³-hybridized carbons (Fsp3) is 0.346. The van der Waals surface area contributed by atoms with E-state index in [2.05, 4.69) is 15.1 Å². The lowest BCUT2D eigenvalue weighted by molar-refractivity contribution is 0.0518. The van der Waals surface area contributed by atoms with Crippen molar-refractivity contribution in [3.05, 3.63) is 58.8 Å². The van der Waals surface area contributed by atoms with Crippen molar-refractivity contribution in [1.82, 2.24) is 9.78 Å². The Morgan fingerprint density at radius 1 is 1.11 bits per heavy atom. The lowest BCUT2D eigenvalue weighted by atomic mass is 9.86. The average Bonchev–Trinajstić information content (AvgIpc) is 3.19. The van der Waals surface area contributed by atoms with E-state index >= 15 is 0 Å². The molecule has 0 fully saturated rings. The first kappa shape index (κ1) is 28.5. The fourth-order valence-corrected chi connectivity index (χ4v) is 4.27. The number of nitrogens with two attached hydrogens (primary N) is 1. The predicted octanol–water partition coefficient (Wildman–Crippen LogP) is 3.87. The number of nitrogen functional groups attached to an aromatic ring is 1. The summed E-state index contributed by atoms with van der Waals surface area (Å²) in [7, 11) is -2.23. The van der Waals surface area contributed by atoms with Crippen molar-refractivity contribution in [1.29, 1.82) is 0 Å². The molecule has 1 heterocycles. The monoisotopic (exact) mass is 543 g/mol. The van der Waals surface area contributed by atoms with Crippen LogP contribution < -0.4 is 20.5 Å². The van der Waals surface area contributed by atoms with E-state index in [0.29, 0.717) is 11.4 Å². The third-order valence-corrected chi connectivity index (χ3v) is 6.21. The van der Waals surface area contributed by atoms with Crippen molar-refractivity contribution in [3.63, 3.8) is 0 Å². The van der Waals surface area contributed by atoms with E-state index in [1.165, 1.54) is 17.9 Å². The molecule has 4 N–H and O–H groups in total. The maximum absolute atomic E-state index is 13.4. The van der Waals surface area contributed by atoms with Gasteiger partial charge in [-0.3, -0.25) is 9.52 Å².